The first-order chi connectivity index (χ1) is 37.7. The lowest BCUT2D eigenvalue weighted by atomic mass is 10.3. The molecule has 1 fully saturated rings. The molecular formula is C54H67Cl2N17OS4. The van der Waals surface area contributed by atoms with E-state index in [9.17, 15) is 0 Å². The molecule has 9 rings (SSSR count). The van der Waals surface area contributed by atoms with Crippen LogP contribution in [0.5, 0.6) is 0 Å². The van der Waals surface area contributed by atoms with Gasteiger partial charge in [-0.3, -0.25) is 0 Å². The molecule has 5 heterocycles. The molecule has 0 bridgehead atoms. The van der Waals surface area contributed by atoms with Crippen LogP contribution in [0.1, 0.15) is 70.3 Å². The molecule has 24 heteroatoms. The van der Waals surface area contributed by atoms with Crippen LogP contribution in [0.15, 0.2) is 162 Å². The van der Waals surface area contributed by atoms with E-state index >= 15 is 0 Å². The number of hydrogen-bond acceptors (Lipinski definition) is 22. The fraction of sp³-hybridized carbons (Fsp3) is 0.333. The fourth-order valence-corrected chi connectivity index (χ4v) is 9.96. The van der Waals surface area contributed by atoms with Crippen molar-refractivity contribution >= 4 is 88.1 Å². The first kappa shape index (κ1) is 63.0. The average molecular weight is 1170 g/mol. The minimum Gasteiger partial charge on any atom is -0.381 e. The van der Waals surface area contributed by atoms with Gasteiger partial charge in [-0.25, -0.2) is 24.9 Å². The predicted octanol–water partition coefficient (Wildman–Crippen LogP) is 12.0. The third-order valence-corrected chi connectivity index (χ3v) is 13.8. The molecule has 0 unspecified atom stereocenters. The Morgan fingerprint density at radius 1 is 0.449 bits per heavy atom. The molecule has 1 aliphatic rings. The summed E-state index contributed by atoms with van der Waals surface area (Å²) in [6.45, 7) is 9.40. The Bertz CT molecular complexity index is 2810. The van der Waals surface area contributed by atoms with Gasteiger partial charge in [0, 0.05) is 78.4 Å². The number of aromatic nitrogens is 12. The summed E-state index contributed by atoms with van der Waals surface area (Å²) in [6.07, 6.45) is 7.67. The van der Waals surface area contributed by atoms with Gasteiger partial charge in [-0.15, -0.1) is 0 Å². The monoisotopic (exact) mass is 1170 g/mol. The number of halogens is 2. The van der Waals surface area contributed by atoms with Crippen molar-refractivity contribution in [1.82, 2.24) is 59.8 Å². The molecule has 8 aromatic rings. The molecule has 1 saturated heterocycles. The molecule has 412 valence electrons. The summed E-state index contributed by atoms with van der Waals surface area (Å²) in [5.41, 5.74) is 9.81. The second-order valence-electron chi connectivity index (χ2n) is 16.3. The van der Waals surface area contributed by atoms with Gasteiger partial charge in [-0.1, -0.05) is 93.6 Å². The zero-order chi connectivity index (χ0) is 54.1. The number of unbranched alkanes of at least 4 members (excludes halogenated alkanes) is 1. The highest BCUT2D eigenvalue weighted by Crippen LogP contribution is 2.28. The van der Waals surface area contributed by atoms with Crippen molar-refractivity contribution in [3.8, 4) is 0 Å². The van der Waals surface area contributed by atoms with Crippen molar-refractivity contribution in [2.24, 2.45) is 11.5 Å². The zero-order valence-electron chi connectivity index (χ0n) is 43.0. The molecule has 0 aliphatic carbocycles. The molecule has 1 aliphatic heterocycles. The maximum Gasteiger partial charge on any atom is 0.228 e. The lowest BCUT2D eigenvalue weighted by Gasteiger charge is -2.10. The van der Waals surface area contributed by atoms with Crippen LogP contribution in [-0.4, -0.2) is 106 Å². The number of rotatable bonds is 23. The maximum absolute atomic E-state index is 6.09. The largest absolute Gasteiger partial charge is 0.381 e. The summed E-state index contributed by atoms with van der Waals surface area (Å²) in [5.74, 6) is 3.75. The standard InChI is InChI=1S/C26H30N8S2.C21H17Cl2N7S2.C4H8O.C2H8N2.CH4/c1-3-4-17-27-23-32-24(34-26(33-23)36-21-14-9-6-10-15-21)28-18-11-16-22-29-19(2)30-25(31-22)35-20-12-7-5-8-13-20;22-17-25-16(26-20(28-17)31-14-8-3-1-4-9-14)12-7-13-24-19-27-18(23)29-21(30-19)32-15-10-5-2-6-11-15;1-2-4-5-3-1;3-1-2-4;/h5-10,12-15H,3-4,11,16-18H2,1-2H3,(H2,27,28,32,33,34);1-6,8-11H,7,12-13H2,(H,24,27,29,30);1-4H2;1-4H2;1H4. The normalized spacial score (nSPS) is 11.4. The lowest BCUT2D eigenvalue weighted by molar-refractivity contribution is 0.198. The van der Waals surface area contributed by atoms with Gasteiger partial charge in [0.25, 0.3) is 0 Å². The van der Waals surface area contributed by atoms with E-state index in [0.717, 1.165) is 88.2 Å². The van der Waals surface area contributed by atoms with E-state index in [1.165, 1.54) is 48.1 Å². The molecule has 0 amide bonds. The molecular weight excluding hydrogens is 1100 g/mol. The van der Waals surface area contributed by atoms with Crippen molar-refractivity contribution in [3.63, 3.8) is 0 Å². The van der Waals surface area contributed by atoms with E-state index in [1.54, 1.807) is 11.8 Å². The minimum absolute atomic E-state index is 0. The van der Waals surface area contributed by atoms with E-state index in [4.69, 9.17) is 39.4 Å². The van der Waals surface area contributed by atoms with Crippen molar-refractivity contribution in [3.05, 3.63) is 149 Å². The first-order valence-corrected chi connectivity index (χ1v) is 29.2. The Kier molecular flexibility index (Phi) is 30.0. The van der Waals surface area contributed by atoms with Gasteiger partial charge in [0.2, 0.25) is 28.4 Å². The molecule has 0 radical (unpaired) electrons. The van der Waals surface area contributed by atoms with E-state index in [2.05, 4.69) is 94.8 Å². The first-order valence-electron chi connectivity index (χ1n) is 25.1. The van der Waals surface area contributed by atoms with Crippen LogP contribution in [0.2, 0.25) is 10.6 Å². The molecule has 0 saturated carbocycles. The Hall–Kier alpha value is -5.82. The molecule has 7 N–H and O–H groups in total. The predicted molar refractivity (Wildman–Crippen MR) is 318 cm³/mol. The summed E-state index contributed by atoms with van der Waals surface area (Å²) in [5, 5.41) is 12.7. The van der Waals surface area contributed by atoms with Crippen LogP contribution >= 0.6 is 70.2 Å². The van der Waals surface area contributed by atoms with Gasteiger partial charge < -0.3 is 32.2 Å². The van der Waals surface area contributed by atoms with Gasteiger partial charge >= 0.3 is 0 Å². The number of hydrogen-bond donors (Lipinski definition) is 5. The van der Waals surface area contributed by atoms with Crippen molar-refractivity contribution in [2.45, 2.75) is 113 Å². The van der Waals surface area contributed by atoms with Gasteiger partial charge in [0.1, 0.15) is 17.5 Å². The van der Waals surface area contributed by atoms with Crippen LogP contribution < -0.4 is 27.4 Å². The number of ether oxygens (including phenoxy) is 1. The number of nitrogens with two attached hydrogens (primary N) is 2. The Morgan fingerprint density at radius 2 is 0.808 bits per heavy atom. The van der Waals surface area contributed by atoms with Crippen LogP contribution in [0.3, 0.4) is 0 Å². The smallest absolute Gasteiger partial charge is 0.228 e. The molecule has 0 spiro atoms. The van der Waals surface area contributed by atoms with Crippen LogP contribution in [0, 0.1) is 6.92 Å². The van der Waals surface area contributed by atoms with E-state index in [-0.39, 0.29) is 18.0 Å². The van der Waals surface area contributed by atoms with E-state index < -0.39 is 0 Å². The lowest BCUT2D eigenvalue weighted by Crippen LogP contribution is -2.12. The summed E-state index contributed by atoms with van der Waals surface area (Å²) >= 11 is 18.1. The Balaban J connectivity index is 0.000000246. The summed E-state index contributed by atoms with van der Waals surface area (Å²) < 4.78 is 4.94. The number of nitrogens with one attached hydrogen (secondary N) is 3. The zero-order valence-corrected chi connectivity index (χ0v) is 47.7. The van der Waals surface area contributed by atoms with E-state index in [1.807, 2.05) is 116 Å². The maximum atomic E-state index is 6.09. The number of nitrogens with zero attached hydrogens (tertiary/aromatic N) is 12. The Morgan fingerprint density at radius 3 is 1.21 bits per heavy atom. The third kappa shape index (κ3) is 25.3. The quantitative estimate of drug-likeness (QED) is 0.0373. The molecule has 0 atom stereocenters. The SMILES string of the molecule is C.C1CCOC1.CCCCNc1nc(NCCCc2nc(C)nc(Sc3ccccc3)n2)nc(Sc2ccccc2)n1.Clc1nc(CCCNc2nc(Cl)nc(Sc3ccccc3)n2)nc(Sc2ccccc2)n1.NCCN. The van der Waals surface area contributed by atoms with Crippen LogP contribution in [0.4, 0.5) is 17.8 Å². The van der Waals surface area contributed by atoms with Gasteiger partial charge in [-0.05, 0) is 158 Å². The second kappa shape index (κ2) is 37.1. The number of anilines is 3. The molecule has 4 aromatic heterocycles. The average Bonchev–Trinajstić information content (AvgIpc) is 4.04. The van der Waals surface area contributed by atoms with Crippen molar-refractivity contribution in [2.75, 3.05) is 61.9 Å². The minimum atomic E-state index is 0. The van der Waals surface area contributed by atoms with Gasteiger partial charge in [-0.2, -0.15) is 34.9 Å². The molecule has 78 heavy (non-hydrogen) atoms. The van der Waals surface area contributed by atoms with Gasteiger partial charge in [0.15, 0.2) is 20.6 Å². The third-order valence-electron chi connectivity index (χ3n) is 9.95. The highest BCUT2D eigenvalue weighted by atomic mass is 35.5. The van der Waals surface area contributed by atoms with E-state index in [0.29, 0.717) is 71.7 Å². The highest BCUT2D eigenvalue weighted by molar-refractivity contribution is 7.99. The van der Waals surface area contributed by atoms with Crippen molar-refractivity contribution in [1.29, 1.82) is 0 Å². The number of benzene rings is 4. The van der Waals surface area contributed by atoms with Crippen LogP contribution in [0.25, 0.3) is 0 Å². The second-order valence-corrected chi connectivity index (χ2v) is 21.1. The number of aryl methyl sites for hydroxylation is 3. The van der Waals surface area contributed by atoms with Crippen molar-refractivity contribution < 1.29 is 4.74 Å². The topological polar surface area (TPSA) is 252 Å². The Labute approximate surface area is 485 Å². The van der Waals surface area contributed by atoms with Gasteiger partial charge in [0.05, 0.1) is 0 Å². The van der Waals surface area contributed by atoms with Crippen LogP contribution in [-0.2, 0) is 17.6 Å². The highest BCUT2D eigenvalue weighted by Gasteiger charge is 2.12. The molecule has 18 nitrogen and oxygen atoms in total. The molecule has 4 aromatic carbocycles. The summed E-state index contributed by atoms with van der Waals surface area (Å²) in [6, 6.07) is 40.0. The fourth-order valence-electron chi connectivity index (χ4n) is 6.37. The summed E-state index contributed by atoms with van der Waals surface area (Å²) in [7, 11) is 0. The summed E-state index contributed by atoms with van der Waals surface area (Å²) in [4.78, 5) is 57.4.